The monoisotopic (exact) mass is 435 g/mol. The van der Waals surface area contributed by atoms with Crippen LogP contribution in [0.3, 0.4) is 0 Å². The van der Waals surface area contributed by atoms with E-state index in [1.54, 1.807) is 41.0 Å². The molecule has 1 aromatic heterocycles. The number of fused-ring (bicyclic) bond motifs is 2. The number of hydrogen-bond donors (Lipinski definition) is 1. The standard InChI is InChI=1S/C24H25N3O5/c1-31-20-10-7-15(12-18(20)24(30)32-2)14-25-22(28)16-8-9-17-19(13-16)26-21-6-4-3-5-11-27(21)23(17)29/h7-10,12-13H,3-6,11,14H2,1-2H3,(H,25,28). The molecule has 0 bridgehead atoms. The molecule has 0 saturated heterocycles. The second-order valence-corrected chi connectivity index (χ2v) is 7.74. The van der Waals surface area contributed by atoms with Gasteiger partial charge in [-0.2, -0.15) is 0 Å². The first kappa shape index (κ1) is 21.5. The fourth-order valence-electron chi connectivity index (χ4n) is 3.98. The molecule has 0 atom stereocenters. The first-order valence-corrected chi connectivity index (χ1v) is 10.6. The summed E-state index contributed by atoms with van der Waals surface area (Å²) in [4.78, 5) is 42.2. The predicted molar refractivity (Wildman–Crippen MR) is 119 cm³/mol. The van der Waals surface area contributed by atoms with Gasteiger partial charge in [-0.05, 0) is 48.7 Å². The Kier molecular flexibility index (Phi) is 6.20. The fourth-order valence-corrected chi connectivity index (χ4v) is 3.98. The van der Waals surface area contributed by atoms with Gasteiger partial charge in [-0.1, -0.05) is 12.5 Å². The minimum Gasteiger partial charge on any atom is -0.496 e. The summed E-state index contributed by atoms with van der Waals surface area (Å²) in [5.41, 5.74) is 1.92. The van der Waals surface area contributed by atoms with Gasteiger partial charge in [0.05, 0.1) is 25.1 Å². The lowest BCUT2D eigenvalue weighted by Gasteiger charge is -2.12. The van der Waals surface area contributed by atoms with Crippen LogP contribution in [0.5, 0.6) is 5.75 Å². The van der Waals surface area contributed by atoms with E-state index in [0.717, 1.165) is 37.1 Å². The Morgan fingerprint density at radius 1 is 1.09 bits per heavy atom. The molecule has 8 heteroatoms. The largest absolute Gasteiger partial charge is 0.496 e. The Morgan fingerprint density at radius 2 is 1.94 bits per heavy atom. The maximum absolute atomic E-state index is 12.9. The van der Waals surface area contributed by atoms with E-state index in [9.17, 15) is 14.4 Å². The number of hydrogen-bond acceptors (Lipinski definition) is 6. The van der Waals surface area contributed by atoms with Gasteiger partial charge < -0.3 is 14.8 Å². The normalized spacial score (nSPS) is 13.2. The Balaban J connectivity index is 1.55. The highest BCUT2D eigenvalue weighted by molar-refractivity contribution is 5.97. The minimum atomic E-state index is -0.513. The molecule has 0 spiro atoms. The van der Waals surface area contributed by atoms with E-state index in [1.165, 1.54) is 14.2 Å². The SMILES string of the molecule is COC(=O)c1cc(CNC(=O)c2ccc3c(=O)n4c(nc3c2)CCCCC4)ccc1OC. The molecule has 0 saturated carbocycles. The Bertz CT molecular complexity index is 1250. The van der Waals surface area contributed by atoms with Crippen molar-refractivity contribution in [2.45, 2.75) is 38.8 Å². The zero-order chi connectivity index (χ0) is 22.7. The van der Waals surface area contributed by atoms with Crippen LogP contribution in [0.4, 0.5) is 0 Å². The van der Waals surface area contributed by atoms with E-state index in [-0.39, 0.29) is 23.6 Å². The fraction of sp³-hybridized carbons (Fsp3) is 0.333. The van der Waals surface area contributed by atoms with Crippen molar-refractivity contribution >= 4 is 22.8 Å². The minimum absolute atomic E-state index is 0.0487. The van der Waals surface area contributed by atoms with Gasteiger partial charge in [0, 0.05) is 25.1 Å². The van der Waals surface area contributed by atoms with Crippen molar-refractivity contribution in [1.29, 1.82) is 0 Å². The van der Waals surface area contributed by atoms with Crippen molar-refractivity contribution in [3.05, 3.63) is 69.3 Å². The van der Waals surface area contributed by atoms with E-state index >= 15 is 0 Å². The van der Waals surface area contributed by atoms with E-state index < -0.39 is 5.97 Å². The van der Waals surface area contributed by atoms with Crippen LogP contribution < -0.4 is 15.6 Å². The quantitative estimate of drug-likeness (QED) is 0.619. The van der Waals surface area contributed by atoms with Crippen molar-refractivity contribution in [2.24, 2.45) is 0 Å². The number of amides is 1. The number of aryl methyl sites for hydroxylation is 1. The lowest BCUT2D eigenvalue weighted by Crippen LogP contribution is -2.25. The molecular weight excluding hydrogens is 410 g/mol. The van der Waals surface area contributed by atoms with Gasteiger partial charge in [-0.15, -0.1) is 0 Å². The molecule has 0 aliphatic carbocycles. The molecule has 1 aliphatic heterocycles. The second kappa shape index (κ2) is 9.21. The number of rotatable bonds is 5. The summed E-state index contributed by atoms with van der Waals surface area (Å²) < 4.78 is 11.7. The van der Waals surface area contributed by atoms with Crippen LogP contribution >= 0.6 is 0 Å². The molecule has 32 heavy (non-hydrogen) atoms. The van der Waals surface area contributed by atoms with Crippen LogP contribution in [-0.4, -0.2) is 35.6 Å². The van der Waals surface area contributed by atoms with Crippen LogP contribution in [0.2, 0.25) is 0 Å². The van der Waals surface area contributed by atoms with E-state index in [1.807, 2.05) is 0 Å². The number of benzene rings is 2. The maximum atomic E-state index is 12.9. The van der Waals surface area contributed by atoms with Gasteiger partial charge in [0.1, 0.15) is 17.1 Å². The number of ether oxygens (including phenoxy) is 2. The number of carbonyl (C=O) groups excluding carboxylic acids is 2. The first-order chi connectivity index (χ1) is 15.5. The molecule has 4 rings (SSSR count). The molecule has 0 unspecified atom stereocenters. The number of aromatic nitrogens is 2. The van der Waals surface area contributed by atoms with Crippen molar-refractivity contribution in [2.75, 3.05) is 14.2 Å². The lowest BCUT2D eigenvalue weighted by molar-refractivity contribution is 0.0597. The van der Waals surface area contributed by atoms with Gasteiger partial charge in [-0.3, -0.25) is 14.2 Å². The summed E-state index contributed by atoms with van der Waals surface area (Å²) in [6, 6.07) is 10.0. The third kappa shape index (κ3) is 4.21. The van der Waals surface area contributed by atoms with Crippen molar-refractivity contribution in [3.63, 3.8) is 0 Å². The molecule has 1 N–H and O–H groups in total. The number of nitrogens with one attached hydrogen (secondary N) is 1. The lowest BCUT2D eigenvalue weighted by atomic mass is 10.1. The molecule has 1 amide bonds. The highest BCUT2D eigenvalue weighted by atomic mass is 16.5. The van der Waals surface area contributed by atoms with Gasteiger partial charge in [0.25, 0.3) is 11.5 Å². The Labute approximate surface area is 185 Å². The molecule has 166 valence electrons. The third-order valence-electron chi connectivity index (χ3n) is 5.70. The topological polar surface area (TPSA) is 99.5 Å². The van der Waals surface area contributed by atoms with Gasteiger partial charge in [0.15, 0.2) is 0 Å². The molecule has 0 fully saturated rings. The Hall–Kier alpha value is -3.68. The maximum Gasteiger partial charge on any atom is 0.341 e. The summed E-state index contributed by atoms with van der Waals surface area (Å²) >= 11 is 0. The van der Waals surface area contributed by atoms with E-state index in [2.05, 4.69) is 10.3 Å². The van der Waals surface area contributed by atoms with Crippen LogP contribution in [0.25, 0.3) is 10.9 Å². The molecule has 8 nitrogen and oxygen atoms in total. The average molecular weight is 435 g/mol. The molecular formula is C24H25N3O5. The second-order valence-electron chi connectivity index (χ2n) is 7.74. The number of esters is 1. The zero-order valence-corrected chi connectivity index (χ0v) is 18.1. The molecule has 1 aliphatic rings. The average Bonchev–Trinajstić information content (AvgIpc) is 3.07. The number of nitrogens with zero attached hydrogens (tertiary/aromatic N) is 2. The van der Waals surface area contributed by atoms with Crippen molar-refractivity contribution < 1.29 is 19.1 Å². The van der Waals surface area contributed by atoms with Gasteiger partial charge in [-0.25, -0.2) is 9.78 Å². The highest BCUT2D eigenvalue weighted by Gasteiger charge is 2.16. The van der Waals surface area contributed by atoms with E-state index in [4.69, 9.17) is 9.47 Å². The molecule has 2 aromatic carbocycles. The molecule has 3 aromatic rings. The van der Waals surface area contributed by atoms with Gasteiger partial charge in [0.2, 0.25) is 0 Å². The smallest absolute Gasteiger partial charge is 0.341 e. The molecule has 2 heterocycles. The number of carbonyl (C=O) groups is 2. The first-order valence-electron chi connectivity index (χ1n) is 10.6. The summed E-state index contributed by atoms with van der Waals surface area (Å²) in [6.45, 7) is 0.903. The van der Waals surface area contributed by atoms with Crippen LogP contribution in [0.1, 0.15) is 51.4 Å². The van der Waals surface area contributed by atoms with Crippen LogP contribution in [0.15, 0.2) is 41.2 Å². The van der Waals surface area contributed by atoms with E-state index in [0.29, 0.717) is 28.8 Å². The highest BCUT2D eigenvalue weighted by Crippen LogP contribution is 2.21. The van der Waals surface area contributed by atoms with Gasteiger partial charge >= 0.3 is 5.97 Å². The van der Waals surface area contributed by atoms with Crippen LogP contribution in [-0.2, 0) is 24.2 Å². The van der Waals surface area contributed by atoms with Crippen molar-refractivity contribution in [3.8, 4) is 5.75 Å². The zero-order valence-electron chi connectivity index (χ0n) is 18.1. The summed E-state index contributed by atoms with van der Waals surface area (Å²) in [7, 11) is 2.77. The summed E-state index contributed by atoms with van der Waals surface area (Å²) in [5, 5.41) is 3.36. The predicted octanol–water partition coefficient (Wildman–Crippen LogP) is 2.85. The Morgan fingerprint density at radius 3 is 2.72 bits per heavy atom. The molecule has 0 radical (unpaired) electrons. The summed E-state index contributed by atoms with van der Waals surface area (Å²) in [5.74, 6) is 0.379. The van der Waals surface area contributed by atoms with Crippen molar-refractivity contribution in [1.82, 2.24) is 14.9 Å². The van der Waals surface area contributed by atoms with Crippen LogP contribution in [0, 0.1) is 0 Å². The summed E-state index contributed by atoms with van der Waals surface area (Å²) in [6.07, 6.45) is 3.83. The third-order valence-corrected chi connectivity index (χ3v) is 5.70. The number of methoxy groups -OCH3 is 2.